The first-order chi connectivity index (χ1) is 10.3. The predicted molar refractivity (Wildman–Crippen MR) is 94.1 cm³/mol. The molecule has 0 saturated heterocycles. The quantitative estimate of drug-likeness (QED) is 0.835. The molecule has 0 radical (unpaired) electrons. The van der Waals surface area contributed by atoms with E-state index in [9.17, 15) is 4.55 Å². The fourth-order valence-electron chi connectivity index (χ4n) is 1.87. The van der Waals surface area contributed by atoms with Crippen LogP contribution in [-0.2, 0) is 11.4 Å². The third kappa shape index (κ3) is 4.46. The average Bonchev–Trinajstić information content (AvgIpc) is 2.47. The number of rotatable bonds is 4. The van der Waals surface area contributed by atoms with Crippen LogP contribution >= 0.6 is 11.6 Å². The first-order valence-corrected chi connectivity index (χ1v) is 8.70. The van der Waals surface area contributed by atoms with Gasteiger partial charge in [-0.1, -0.05) is 29.8 Å². The Kier molecular flexibility index (Phi) is 5.50. The second-order valence-corrected chi connectivity index (χ2v) is 8.63. The maximum Gasteiger partial charge on any atom is 0.136 e. The molecule has 0 amide bonds. The van der Waals surface area contributed by atoms with Gasteiger partial charge in [-0.05, 0) is 51.5 Å². The zero-order valence-electron chi connectivity index (χ0n) is 13.3. The van der Waals surface area contributed by atoms with Gasteiger partial charge in [-0.25, -0.2) is 0 Å². The van der Waals surface area contributed by atoms with Crippen LogP contribution in [0.3, 0.4) is 0 Å². The van der Waals surface area contributed by atoms with E-state index in [-0.39, 0.29) is 10.8 Å². The molecule has 0 bridgehead atoms. The molecule has 0 saturated carbocycles. The zero-order valence-corrected chi connectivity index (χ0v) is 14.8. The Bertz CT molecular complexity index is 608. The number of hydrogen-bond acceptors (Lipinski definition) is 3. The highest BCUT2D eigenvalue weighted by Gasteiger charge is 2.28. The number of nitrogens with zero attached hydrogens (tertiary/aromatic N) is 1. The van der Waals surface area contributed by atoms with Gasteiger partial charge in [0.1, 0.15) is 4.75 Å². The van der Waals surface area contributed by atoms with E-state index in [1.54, 1.807) is 0 Å². The fraction of sp³-hybridized carbons (Fsp3) is 0.353. The average molecular weight is 337 g/mol. The molecule has 1 N–H and O–H groups in total. The molecule has 0 spiro atoms. The Morgan fingerprint density at radius 3 is 2.18 bits per heavy atom. The minimum atomic E-state index is -1.12. The molecule has 0 aliphatic carbocycles. The van der Waals surface area contributed by atoms with Gasteiger partial charge >= 0.3 is 0 Å². The number of nitrogens with one attached hydrogen (secondary N) is 1. The Morgan fingerprint density at radius 1 is 1.09 bits per heavy atom. The normalized spacial score (nSPS) is 14.6. The lowest BCUT2D eigenvalue weighted by Gasteiger charge is -2.26. The summed E-state index contributed by atoms with van der Waals surface area (Å²) in [5, 5.41) is 0.718. The summed E-state index contributed by atoms with van der Waals surface area (Å²) in [6.07, 6.45) is 1.83. The van der Waals surface area contributed by atoms with Crippen molar-refractivity contribution in [2.24, 2.45) is 0 Å². The van der Waals surface area contributed by atoms with Crippen LogP contribution in [0.5, 0.6) is 0 Å². The molecule has 2 rings (SSSR count). The minimum Gasteiger partial charge on any atom is -0.598 e. The summed E-state index contributed by atoms with van der Waals surface area (Å²) in [6.45, 7) is 7.80. The topological polar surface area (TPSA) is 48.0 Å². The third-order valence-corrected chi connectivity index (χ3v) is 5.18. The van der Waals surface area contributed by atoms with Crippen LogP contribution in [0.15, 0.2) is 42.6 Å². The molecule has 2 atom stereocenters. The molecule has 1 aromatic carbocycles. The van der Waals surface area contributed by atoms with Gasteiger partial charge in [0.05, 0.1) is 11.7 Å². The molecule has 118 valence electrons. The van der Waals surface area contributed by atoms with Gasteiger partial charge in [0.2, 0.25) is 0 Å². The predicted octanol–water partition coefficient (Wildman–Crippen LogP) is 4.51. The highest BCUT2D eigenvalue weighted by molar-refractivity contribution is 7.90. The van der Waals surface area contributed by atoms with Gasteiger partial charge in [0.25, 0.3) is 0 Å². The van der Waals surface area contributed by atoms with Crippen molar-refractivity contribution in [2.75, 3.05) is 0 Å². The van der Waals surface area contributed by atoms with Crippen LogP contribution < -0.4 is 4.72 Å². The summed E-state index contributed by atoms with van der Waals surface area (Å²) < 4.78 is 14.9. The lowest BCUT2D eigenvalue weighted by molar-refractivity contribution is 0.529. The Hall–Kier alpha value is -1.07. The van der Waals surface area contributed by atoms with Gasteiger partial charge < -0.3 is 4.55 Å². The number of hydrogen-bond donors (Lipinski definition) is 1. The fourth-order valence-corrected chi connectivity index (χ4v) is 2.79. The van der Waals surface area contributed by atoms with E-state index in [2.05, 4.69) is 9.71 Å². The summed E-state index contributed by atoms with van der Waals surface area (Å²) in [4.78, 5) is 4.48. The molecule has 0 aliphatic heterocycles. The number of aromatic nitrogens is 1. The van der Waals surface area contributed by atoms with E-state index in [1.807, 2.05) is 70.3 Å². The second-order valence-electron chi connectivity index (χ2n) is 6.20. The van der Waals surface area contributed by atoms with E-state index < -0.39 is 11.4 Å². The molecule has 1 unspecified atom stereocenters. The lowest BCUT2D eigenvalue weighted by Crippen LogP contribution is -2.40. The second kappa shape index (κ2) is 7.01. The van der Waals surface area contributed by atoms with E-state index in [0.29, 0.717) is 0 Å². The van der Waals surface area contributed by atoms with Crippen LogP contribution in [0.25, 0.3) is 11.1 Å². The number of pyridine rings is 1. The molecule has 5 heteroatoms. The van der Waals surface area contributed by atoms with Crippen LogP contribution in [0.2, 0.25) is 5.02 Å². The summed E-state index contributed by atoms with van der Waals surface area (Å²) >= 11 is 4.78. The summed E-state index contributed by atoms with van der Waals surface area (Å²) in [6, 6.07) is 11.6. The van der Waals surface area contributed by atoms with E-state index >= 15 is 0 Å². The summed E-state index contributed by atoms with van der Waals surface area (Å²) in [5.74, 6) is 0. The van der Waals surface area contributed by atoms with Gasteiger partial charge in [-0.2, -0.15) is 0 Å². The van der Waals surface area contributed by atoms with E-state index in [1.165, 1.54) is 0 Å². The molecule has 22 heavy (non-hydrogen) atoms. The van der Waals surface area contributed by atoms with Gasteiger partial charge in [0.15, 0.2) is 0 Å². The maximum absolute atomic E-state index is 12.1. The minimum absolute atomic E-state index is 0.0701. The van der Waals surface area contributed by atoms with Crippen molar-refractivity contribution in [3.8, 4) is 11.1 Å². The molecule has 3 nitrogen and oxygen atoms in total. The third-order valence-electron chi connectivity index (χ3n) is 3.25. The lowest BCUT2D eigenvalue weighted by atomic mass is 10.1. The summed E-state index contributed by atoms with van der Waals surface area (Å²) in [7, 11) is 0. The van der Waals surface area contributed by atoms with Crippen molar-refractivity contribution >= 4 is 23.0 Å². The molecule has 2 aromatic rings. The van der Waals surface area contributed by atoms with Crippen molar-refractivity contribution < 1.29 is 4.55 Å². The smallest absolute Gasteiger partial charge is 0.136 e. The van der Waals surface area contributed by atoms with E-state index in [0.717, 1.165) is 21.8 Å². The van der Waals surface area contributed by atoms with Gasteiger partial charge in [-0.3, -0.25) is 4.98 Å². The van der Waals surface area contributed by atoms with Gasteiger partial charge in [0, 0.05) is 28.1 Å². The van der Waals surface area contributed by atoms with Crippen LogP contribution in [0.4, 0.5) is 0 Å². The van der Waals surface area contributed by atoms with Crippen molar-refractivity contribution in [2.45, 2.75) is 38.5 Å². The van der Waals surface area contributed by atoms with E-state index in [4.69, 9.17) is 11.6 Å². The van der Waals surface area contributed by atoms with Crippen molar-refractivity contribution in [3.05, 3.63) is 53.3 Å². The largest absolute Gasteiger partial charge is 0.598 e. The highest BCUT2D eigenvalue weighted by Crippen LogP contribution is 2.23. The molecule has 0 aliphatic rings. The monoisotopic (exact) mass is 336 g/mol. The van der Waals surface area contributed by atoms with Crippen molar-refractivity contribution in [1.82, 2.24) is 9.71 Å². The molecule has 0 fully saturated rings. The van der Waals surface area contributed by atoms with Gasteiger partial charge in [-0.15, -0.1) is 4.72 Å². The molecule has 1 heterocycles. The molecule has 1 aromatic heterocycles. The van der Waals surface area contributed by atoms with Crippen LogP contribution in [0.1, 0.15) is 39.4 Å². The summed E-state index contributed by atoms with van der Waals surface area (Å²) in [5.41, 5.74) is 2.97. The zero-order chi connectivity index (χ0) is 16.3. The molecular weight excluding hydrogens is 316 g/mol. The SMILES string of the molecule is CC(N[S@@+]([O-])C(C)(C)C)c1ccc(-c2ccc(Cl)cc2)cn1. The first-order valence-electron chi connectivity index (χ1n) is 7.17. The standard InChI is InChI=1S/C17H21ClN2OS/c1-12(20-22(21)17(2,3)4)16-10-7-14(11-19-16)13-5-8-15(18)9-6-13/h5-12,20H,1-4H3/t12?,22-/m0/s1. The first kappa shape index (κ1) is 17.3. The maximum atomic E-state index is 12.1. The van der Waals surface area contributed by atoms with Crippen LogP contribution in [-0.4, -0.2) is 14.3 Å². The van der Waals surface area contributed by atoms with Crippen LogP contribution in [0, 0.1) is 0 Å². The molecular formula is C17H21ClN2OS. The Morgan fingerprint density at radius 2 is 1.68 bits per heavy atom. The highest BCUT2D eigenvalue weighted by atomic mass is 35.5. The Labute approximate surface area is 140 Å². The van der Waals surface area contributed by atoms with Crippen molar-refractivity contribution in [1.29, 1.82) is 0 Å². The Balaban J connectivity index is 2.10. The number of halogens is 1. The number of benzene rings is 1. The van der Waals surface area contributed by atoms with Crippen molar-refractivity contribution in [3.63, 3.8) is 0 Å².